The Bertz CT molecular complexity index is 1110. The maximum absolute atomic E-state index is 12.3. The molecule has 0 unspecified atom stereocenters. The molecule has 4 N–H and O–H groups in total. The average molecular weight is 436 g/mol. The first kappa shape index (κ1) is 21.7. The van der Waals surface area contributed by atoms with Gasteiger partial charge in [-0.25, -0.2) is 4.98 Å². The molecule has 0 atom stereocenters. The molecule has 0 aliphatic heterocycles. The monoisotopic (exact) mass is 435 g/mol. The van der Waals surface area contributed by atoms with E-state index in [0.717, 1.165) is 42.4 Å². The average Bonchev–Trinajstić information content (AvgIpc) is 2.79. The second-order valence-electron chi connectivity index (χ2n) is 8.56. The molecule has 1 aliphatic rings. The highest BCUT2D eigenvalue weighted by molar-refractivity contribution is 5.94. The van der Waals surface area contributed by atoms with E-state index >= 15 is 0 Å². The van der Waals surface area contributed by atoms with Crippen LogP contribution < -0.4 is 15.5 Å². The lowest BCUT2D eigenvalue weighted by Gasteiger charge is -2.29. The summed E-state index contributed by atoms with van der Waals surface area (Å²) in [5, 5.41) is 26.4. The molecule has 4 rings (SSSR count). The smallest absolute Gasteiger partial charge is 0.251 e. The molecule has 0 saturated heterocycles. The van der Waals surface area contributed by atoms with Gasteiger partial charge >= 0.3 is 0 Å². The number of para-hydroxylation sites is 1. The molecule has 0 spiro atoms. The Balaban J connectivity index is 1.31. The van der Waals surface area contributed by atoms with E-state index in [-0.39, 0.29) is 17.4 Å². The SMILES string of the molecule is CN(C)c1nc(NC2CCC(CNC(=O)c3ccc(O)c(O)c3)CC2)nc2ccccc12. The third-order valence-electron chi connectivity index (χ3n) is 5.98. The summed E-state index contributed by atoms with van der Waals surface area (Å²) >= 11 is 0. The summed E-state index contributed by atoms with van der Waals surface area (Å²) in [5.41, 5.74) is 1.26. The first-order valence-corrected chi connectivity index (χ1v) is 10.9. The second kappa shape index (κ2) is 9.30. The number of rotatable bonds is 6. The number of amides is 1. The number of fused-ring (bicyclic) bond motifs is 1. The van der Waals surface area contributed by atoms with E-state index in [1.165, 1.54) is 18.2 Å². The van der Waals surface area contributed by atoms with Gasteiger partial charge in [0.1, 0.15) is 5.82 Å². The number of aromatic hydroxyl groups is 2. The number of hydrogen-bond acceptors (Lipinski definition) is 7. The number of anilines is 2. The van der Waals surface area contributed by atoms with Crippen LogP contribution in [0.4, 0.5) is 11.8 Å². The van der Waals surface area contributed by atoms with Gasteiger partial charge < -0.3 is 25.7 Å². The van der Waals surface area contributed by atoms with E-state index in [4.69, 9.17) is 9.97 Å². The number of phenolic OH excluding ortho intramolecular Hbond substituents is 2. The highest BCUT2D eigenvalue weighted by Crippen LogP contribution is 2.29. The maximum atomic E-state index is 12.3. The van der Waals surface area contributed by atoms with Crippen LogP contribution in [0.1, 0.15) is 36.0 Å². The first-order chi connectivity index (χ1) is 15.4. The van der Waals surface area contributed by atoms with Gasteiger partial charge in [-0.05, 0) is 61.9 Å². The van der Waals surface area contributed by atoms with Crippen LogP contribution in [0.2, 0.25) is 0 Å². The van der Waals surface area contributed by atoms with Crippen molar-refractivity contribution in [3.63, 3.8) is 0 Å². The lowest BCUT2D eigenvalue weighted by molar-refractivity contribution is 0.0943. The van der Waals surface area contributed by atoms with Crippen LogP contribution in [0, 0.1) is 5.92 Å². The number of nitrogens with one attached hydrogen (secondary N) is 2. The van der Waals surface area contributed by atoms with Crippen molar-refractivity contribution in [3.05, 3.63) is 48.0 Å². The third-order valence-corrected chi connectivity index (χ3v) is 5.98. The number of carbonyl (C=O) groups is 1. The summed E-state index contributed by atoms with van der Waals surface area (Å²) in [7, 11) is 3.97. The zero-order chi connectivity index (χ0) is 22.7. The minimum absolute atomic E-state index is 0.236. The number of aromatic nitrogens is 2. The number of nitrogens with zero attached hydrogens (tertiary/aromatic N) is 3. The molecule has 1 amide bonds. The predicted octanol–water partition coefficient (Wildman–Crippen LogP) is 3.51. The van der Waals surface area contributed by atoms with Gasteiger partial charge in [-0.1, -0.05) is 12.1 Å². The van der Waals surface area contributed by atoms with E-state index < -0.39 is 0 Å². The second-order valence-corrected chi connectivity index (χ2v) is 8.56. The van der Waals surface area contributed by atoms with Crippen molar-refractivity contribution >= 4 is 28.6 Å². The van der Waals surface area contributed by atoms with Gasteiger partial charge in [-0.15, -0.1) is 0 Å². The fraction of sp³-hybridized carbons (Fsp3) is 0.375. The van der Waals surface area contributed by atoms with Gasteiger partial charge in [0, 0.05) is 37.6 Å². The van der Waals surface area contributed by atoms with Crippen molar-refractivity contribution in [2.45, 2.75) is 31.7 Å². The quantitative estimate of drug-likeness (QED) is 0.439. The largest absolute Gasteiger partial charge is 0.504 e. The molecule has 1 fully saturated rings. The lowest BCUT2D eigenvalue weighted by atomic mass is 9.86. The Morgan fingerprint density at radius 2 is 1.78 bits per heavy atom. The number of hydrogen-bond donors (Lipinski definition) is 4. The van der Waals surface area contributed by atoms with Crippen LogP contribution in [0.5, 0.6) is 11.5 Å². The summed E-state index contributed by atoms with van der Waals surface area (Å²) in [5.74, 6) is 1.17. The van der Waals surface area contributed by atoms with Crippen molar-refractivity contribution in [3.8, 4) is 11.5 Å². The molecule has 1 heterocycles. The minimum Gasteiger partial charge on any atom is -0.504 e. The normalized spacial score (nSPS) is 18.3. The third kappa shape index (κ3) is 4.85. The van der Waals surface area contributed by atoms with E-state index in [9.17, 15) is 15.0 Å². The standard InChI is InChI=1S/C24H29N5O3/c1-29(2)22-18-5-3-4-6-19(18)27-24(28-22)26-17-10-7-15(8-11-17)14-25-23(32)16-9-12-20(30)21(31)13-16/h3-6,9,12-13,15,17,30-31H,7-8,10-11,14H2,1-2H3,(H,25,32)(H,26,27,28). The molecule has 2 aromatic carbocycles. The summed E-state index contributed by atoms with van der Waals surface area (Å²) in [6.45, 7) is 0.588. The van der Waals surface area contributed by atoms with Crippen LogP contribution >= 0.6 is 0 Å². The molecule has 3 aromatic rings. The van der Waals surface area contributed by atoms with Gasteiger partial charge in [0.2, 0.25) is 5.95 Å². The molecular weight excluding hydrogens is 406 g/mol. The topological polar surface area (TPSA) is 111 Å². The Hall–Kier alpha value is -3.55. The zero-order valence-electron chi connectivity index (χ0n) is 18.4. The number of phenols is 2. The fourth-order valence-corrected chi connectivity index (χ4v) is 4.16. The molecular formula is C24H29N5O3. The van der Waals surface area contributed by atoms with Crippen molar-refractivity contribution < 1.29 is 15.0 Å². The van der Waals surface area contributed by atoms with Crippen LogP contribution in [0.3, 0.4) is 0 Å². The van der Waals surface area contributed by atoms with Gasteiger partial charge in [-0.2, -0.15) is 4.98 Å². The van der Waals surface area contributed by atoms with Crippen LogP contribution in [0.15, 0.2) is 42.5 Å². The van der Waals surface area contributed by atoms with Gasteiger partial charge in [-0.3, -0.25) is 4.79 Å². The molecule has 32 heavy (non-hydrogen) atoms. The predicted molar refractivity (Wildman–Crippen MR) is 125 cm³/mol. The van der Waals surface area contributed by atoms with Gasteiger partial charge in [0.05, 0.1) is 5.52 Å². The van der Waals surface area contributed by atoms with Crippen molar-refractivity contribution in [1.29, 1.82) is 0 Å². The van der Waals surface area contributed by atoms with Gasteiger partial charge in [0.25, 0.3) is 5.91 Å². The van der Waals surface area contributed by atoms with Gasteiger partial charge in [0.15, 0.2) is 11.5 Å². The number of carbonyl (C=O) groups excluding carboxylic acids is 1. The van der Waals surface area contributed by atoms with Crippen LogP contribution in [-0.2, 0) is 0 Å². The summed E-state index contributed by atoms with van der Waals surface area (Å²) in [4.78, 5) is 23.7. The molecule has 0 radical (unpaired) electrons. The highest BCUT2D eigenvalue weighted by Gasteiger charge is 2.23. The Labute approximate surface area is 187 Å². The first-order valence-electron chi connectivity index (χ1n) is 10.9. The minimum atomic E-state index is -0.294. The van der Waals surface area contributed by atoms with Crippen molar-refractivity contribution in [1.82, 2.24) is 15.3 Å². The van der Waals surface area contributed by atoms with Crippen molar-refractivity contribution in [2.75, 3.05) is 30.9 Å². The van der Waals surface area contributed by atoms with Crippen LogP contribution in [-0.4, -0.2) is 52.8 Å². The van der Waals surface area contributed by atoms with E-state index in [0.29, 0.717) is 30.0 Å². The zero-order valence-corrected chi connectivity index (χ0v) is 18.4. The highest BCUT2D eigenvalue weighted by atomic mass is 16.3. The van der Waals surface area contributed by atoms with Crippen LogP contribution in [0.25, 0.3) is 10.9 Å². The van der Waals surface area contributed by atoms with Crippen molar-refractivity contribution in [2.24, 2.45) is 5.92 Å². The number of benzene rings is 2. The molecule has 1 aromatic heterocycles. The fourth-order valence-electron chi connectivity index (χ4n) is 4.16. The van der Waals surface area contributed by atoms with E-state index in [2.05, 4.69) is 10.6 Å². The summed E-state index contributed by atoms with van der Waals surface area (Å²) in [6, 6.07) is 12.4. The Morgan fingerprint density at radius 1 is 1.03 bits per heavy atom. The molecule has 168 valence electrons. The maximum Gasteiger partial charge on any atom is 0.251 e. The summed E-state index contributed by atoms with van der Waals surface area (Å²) in [6.07, 6.45) is 3.95. The summed E-state index contributed by atoms with van der Waals surface area (Å²) < 4.78 is 0. The van der Waals surface area contributed by atoms with E-state index in [1.54, 1.807) is 0 Å². The Kier molecular flexibility index (Phi) is 6.30. The molecule has 1 saturated carbocycles. The molecule has 1 aliphatic carbocycles. The molecule has 8 nitrogen and oxygen atoms in total. The van der Waals surface area contributed by atoms with E-state index in [1.807, 2.05) is 43.3 Å². The Morgan fingerprint density at radius 3 is 2.50 bits per heavy atom. The lowest BCUT2D eigenvalue weighted by Crippen LogP contribution is -2.34. The molecule has 0 bridgehead atoms. The molecule has 8 heteroatoms.